The van der Waals surface area contributed by atoms with Gasteiger partial charge in [0.15, 0.2) is 4.75 Å². The van der Waals surface area contributed by atoms with Crippen molar-refractivity contribution in [2.75, 3.05) is 39.6 Å². The van der Waals surface area contributed by atoms with Gasteiger partial charge in [-0.25, -0.2) is 18.2 Å². The first-order valence-corrected chi connectivity index (χ1v) is 12.4. The van der Waals surface area contributed by atoms with Crippen LogP contribution in [0.3, 0.4) is 0 Å². The van der Waals surface area contributed by atoms with Crippen molar-refractivity contribution in [1.29, 1.82) is 0 Å². The monoisotopic (exact) mass is 472 g/mol. The van der Waals surface area contributed by atoms with E-state index in [9.17, 15) is 22.8 Å². The molecule has 0 aromatic heterocycles. The Balaban J connectivity index is 1.63. The van der Waals surface area contributed by atoms with Crippen LogP contribution in [0, 0.1) is 5.41 Å². The molecule has 0 saturated carbocycles. The lowest BCUT2D eigenvalue weighted by Crippen LogP contribution is -2.60. The van der Waals surface area contributed by atoms with Crippen LogP contribution >= 0.6 is 0 Å². The van der Waals surface area contributed by atoms with Crippen LogP contribution in [-0.4, -0.2) is 68.2 Å². The predicted molar refractivity (Wildman–Crippen MR) is 117 cm³/mol. The zero-order valence-electron chi connectivity index (χ0n) is 18.7. The number of carbonyl (C=O) groups excluding carboxylic acids is 1. The first kappa shape index (κ1) is 24.9. The van der Waals surface area contributed by atoms with Crippen LogP contribution in [0.4, 0.5) is 4.39 Å². The molecule has 1 amide bonds. The zero-order valence-corrected chi connectivity index (χ0v) is 19.5. The molecule has 3 rings (SSSR count). The molecule has 0 aliphatic carbocycles. The van der Waals surface area contributed by atoms with Gasteiger partial charge in [-0.2, -0.15) is 0 Å². The largest absolute Gasteiger partial charge is 0.493 e. The highest BCUT2D eigenvalue weighted by molar-refractivity contribution is 7.91. The maximum atomic E-state index is 13.4. The topological polar surface area (TPSA) is 105 Å². The van der Waals surface area contributed by atoms with Crippen LogP contribution in [0.1, 0.15) is 51.0 Å². The van der Waals surface area contributed by atoms with Gasteiger partial charge in [-0.05, 0) is 36.5 Å². The smallest absolute Gasteiger partial charge is 0.266 e. The molecule has 10 heteroatoms. The number of amides is 1. The number of sulfonamides is 1. The van der Waals surface area contributed by atoms with Gasteiger partial charge in [0.05, 0.1) is 13.3 Å². The Hall–Kier alpha value is -1.75. The van der Waals surface area contributed by atoms with E-state index >= 15 is 0 Å². The maximum absolute atomic E-state index is 13.4. The third kappa shape index (κ3) is 5.08. The fourth-order valence-corrected chi connectivity index (χ4v) is 6.38. The number of rotatable bonds is 8. The van der Waals surface area contributed by atoms with Crippen molar-refractivity contribution in [3.63, 3.8) is 0 Å². The van der Waals surface area contributed by atoms with Gasteiger partial charge in [-0.3, -0.25) is 14.4 Å². The second-order valence-corrected chi connectivity index (χ2v) is 11.6. The molecular formula is C22H33FN2O6S. The summed E-state index contributed by atoms with van der Waals surface area (Å²) in [6, 6.07) is 7.64. The first-order valence-electron chi connectivity index (χ1n) is 11.0. The van der Waals surface area contributed by atoms with E-state index in [0.29, 0.717) is 31.7 Å². The summed E-state index contributed by atoms with van der Waals surface area (Å²) in [6.45, 7) is 4.35. The van der Waals surface area contributed by atoms with E-state index in [4.69, 9.17) is 9.47 Å². The van der Waals surface area contributed by atoms with Crippen molar-refractivity contribution in [2.45, 2.75) is 50.2 Å². The second kappa shape index (κ2) is 10.0. The standard InChI is InChI=1S/C22H33FN2O6S/c1-21(2,15-23)16-31-19-5-3-17(4-6-19)18-7-11-25(12-8-18)32(28,29)22(20(26)24-27)9-13-30-14-10-22/h3-6,18,27H,7-16H2,1-2H3,(H,24,26). The quantitative estimate of drug-likeness (QED) is 0.445. The number of halogens is 1. The minimum Gasteiger partial charge on any atom is -0.493 e. The summed E-state index contributed by atoms with van der Waals surface area (Å²) in [7, 11) is -3.96. The molecule has 180 valence electrons. The summed E-state index contributed by atoms with van der Waals surface area (Å²) in [5.74, 6) is -0.0312. The number of nitrogens with one attached hydrogen (secondary N) is 1. The van der Waals surface area contributed by atoms with Gasteiger partial charge in [-0.1, -0.05) is 26.0 Å². The Morgan fingerprint density at radius 1 is 1.25 bits per heavy atom. The van der Waals surface area contributed by atoms with Crippen molar-refractivity contribution in [2.24, 2.45) is 5.41 Å². The summed E-state index contributed by atoms with van der Waals surface area (Å²) in [4.78, 5) is 12.4. The van der Waals surface area contributed by atoms with Gasteiger partial charge in [0.2, 0.25) is 10.0 Å². The molecule has 0 unspecified atom stereocenters. The summed E-state index contributed by atoms with van der Waals surface area (Å²) in [5, 5.41) is 9.17. The number of ether oxygens (including phenoxy) is 2. The van der Waals surface area contributed by atoms with Crippen LogP contribution in [0.15, 0.2) is 24.3 Å². The lowest BCUT2D eigenvalue weighted by atomic mass is 9.90. The van der Waals surface area contributed by atoms with Crippen molar-refractivity contribution < 1.29 is 32.3 Å². The lowest BCUT2D eigenvalue weighted by Gasteiger charge is -2.40. The van der Waals surface area contributed by atoms with E-state index in [-0.39, 0.29) is 38.6 Å². The van der Waals surface area contributed by atoms with Gasteiger partial charge < -0.3 is 9.47 Å². The molecule has 8 nitrogen and oxygen atoms in total. The molecule has 2 heterocycles. The number of hydrogen-bond acceptors (Lipinski definition) is 6. The molecule has 2 aliphatic heterocycles. The molecule has 2 aliphatic rings. The number of piperidine rings is 1. The highest BCUT2D eigenvalue weighted by Gasteiger charge is 2.54. The minimum absolute atomic E-state index is 0.0162. The zero-order chi connectivity index (χ0) is 23.4. The summed E-state index contributed by atoms with van der Waals surface area (Å²) in [6.07, 6.45) is 1.29. The van der Waals surface area contributed by atoms with E-state index < -0.39 is 32.8 Å². The summed E-state index contributed by atoms with van der Waals surface area (Å²) >= 11 is 0. The fourth-order valence-electron chi connectivity index (χ4n) is 4.24. The highest BCUT2D eigenvalue weighted by atomic mass is 32.2. The fraction of sp³-hybridized carbons (Fsp3) is 0.682. The van der Waals surface area contributed by atoms with E-state index in [0.717, 1.165) is 5.56 Å². The van der Waals surface area contributed by atoms with E-state index in [1.54, 1.807) is 19.3 Å². The molecule has 2 fully saturated rings. The summed E-state index contributed by atoms with van der Waals surface area (Å²) < 4.78 is 50.3. The van der Waals surface area contributed by atoms with E-state index in [1.807, 2.05) is 24.3 Å². The molecule has 1 aromatic rings. The molecule has 0 spiro atoms. The lowest BCUT2D eigenvalue weighted by molar-refractivity contribution is -0.134. The van der Waals surface area contributed by atoms with Gasteiger partial charge in [0, 0.05) is 44.6 Å². The number of hydroxylamine groups is 1. The Kier molecular flexibility index (Phi) is 7.80. The van der Waals surface area contributed by atoms with Crippen LogP contribution in [0.5, 0.6) is 5.75 Å². The van der Waals surface area contributed by atoms with Crippen LogP contribution in [-0.2, 0) is 19.6 Å². The third-order valence-corrected chi connectivity index (χ3v) is 9.07. The minimum atomic E-state index is -3.96. The first-order chi connectivity index (χ1) is 15.1. The van der Waals surface area contributed by atoms with Crippen molar-refractivity contribution in [3.05, 3.63) is 29.8 Å². The van der Waals surface area contributed by atoms with Gasteiger partial charge >= 0.3 is 0 Å². The van der Waals surface area contributed by atoms with Crippen molar-refractivity contribution >= 4 is 15.9 Å². The average Bonchev–Trinajstić information content (AvgIpc) is 2.83. The number of alkyl halides is 1. The number of benzene rings is 1. The van der Waals surface area contributed by atoms with E-state index in [1.165, 1.54) is 4.31 Å². The number of nitrogens with zero attached hydrogens (tertiary/aromatic N) is 1. The molecule has 0 radical (unpaired) electrons. The molecule has 32 heavy (non-hydrogen) atoms. The van der Waals surface area contributed by atoms with Crippen LogP contribution in [0.25, 0.3) is 0 Å². The third-order valence-electron chi connectivity index (χ3n) is 6.45. The number of carbonyl (C=O) groups is 1. The SMILES string of the molecule is CC(C)(CF)COc1ccc(C2CCN(S(=O)(=O)C3(C(=O)NO)CCOCC3)CC2)cc1. The molecular weight excluding hydrogens is 439 g/mol. The normalized spacial score (nSPS) is 20.6. The van der Waals surface area contributed by atoms with Crippen molar-refractivity contribution in [1.82, 2.24) is 9.79 Å². The molecule has 2 saturated heterocycles. The second-order valence-electron chi connectivity index (χ2n) is 9.38. The molecule has 0 bridgehead atoms. The Morgan fingerprint density at radius 2 is 1.84 bits per heavy atom. The average molecular weight is 473 g/mol. The molecule has 2 N–H and O–H groups in total. The number of hydrogen-bond donors (Lipinski definition) is 2. The Morgan fingerprint density at radius 3 is 2.38 bits per heavy atom. The predicted octanol–water partition coefficient (Wildman–Crippen LogP) is 2.62. The van der Waals surface area contributed by atoms with Crippen LogP contribution in [0.2, 0.25) is 0 Å². The van der Waals surface area contributed by atoms with Gasteiger partial charge in [0.25, 0.3) is 5.91 Å². The summed E-state index contributed by atoms with van der Waals surface area (Å²) in [5.41, 5.74) is 2.11. The van der Waals surface area contributed by atoms with Crippen LogP contribution < -0.4 is 10.2 Å². The van der Waals surface area contributed by atoms with E-state index in [2.05, 4.69) is 0 Å². The Labute approximate surface area is 189 Å². The molecule has 1 aromatic carbocycles. The Bertz CT molecular complexity index is 876. The maximum Gasteiger partial charge on any atom is 0.266 e. The van der Waals surface area contributed by atoms with Gasteiger partial charge in [-0.15, -0.1) is 0 Å². The van der Waals surface area contributed by atoms with Crippen molar-refractivity contribution in [3.8, 4) is 5.75 Å². The van der Waals surface area contributed by atoms with Gasteiger partial charge in [0.1, 0.15) is 5.75 Å². The molecule has 0 atom stereocenters. The highest BCUT2D eigenvalue weighted by Crippen LogP contribution is 2.37.